The highest BCUT2D eigenvalue weighted by Crippen LogP contribution is 2.35. The fraction of sp³-hybridized carbons (Fsp3) is 0.182. The van der Waals surface area contributed by atoms with Crippen LogP contribution in [0.5, 0.6) is 5.75 Å². The minimum atomic E-state index is -2.97. The molecule has 2 rings (SSSR count). The summed E-state index contributed by atoms with van der Waals surface area (Å²) >= 11 is 3.27. The van der Waals surface area contributed by atoms with E-state index >= 15 is 0 Å². The van der Waals surface area contributed by atoms with Gasteiger partial charge in [0.05, 0.1) is 5.52 Å². The van der Waals surface area contributed by atoms with Gasteiger partial charge in [0.2, 0.25) is 0 Å². The molecule has 0 atom stereocenters. The monoisotopic (exact) mass is 315 g/mol. The minimum Gasteiger partial charge on any atom is -0.503 e. The number of Topliss-reactive ketones (excluding diaryl/α,β-unsaturated/α-hetero) is 1. The number of rotatable bonds is 3. The van der Waals surface area contributed by atoms with Crippen molar-refractivity contribution in [3.63, 3.8) is 0 Å². The van der Waals surface area contributed by atoms with E-state index in [0.29, 0.717) is 10.9 Å². The Bertz CT molecular complexity index is 627. The van der Waals surface area contributed by atoms with Crippen LogP contribution in [0.15, 0.2) is 22.7 Å². The molecule has 0 saturated carbocycles. The lowest BCUT2D eigenvalue weighted by atomic mass is 10.2. The molecule has 18 heavy (non-hydrogen) atoms. The lowest BCUT2D eigenvalue weighted by Gasteiger charge is -2.04. The van der Waals surface area contributed by atoms with Gasteiger partial charge in [-0.1, -0.05) is 15.9 Å². The van der Waals surface area contributed by atoms with Crippen molar-refractivity contribution in [3.05, 3.63) is 28.4 Å². The third-order valence-corrected chi connectivity index (χ3v) is 3.15. The van der Waals surface area contributed by atoms with Gasteiger partial charge in [-0.15, -0.1) is 0 Å². The number of halogens is 3. The van der Waals surface area contributed by atoms with Gasteiger partial charge in [0.25, 0.3) is 0 Å². The Morgan fingerprint density at radius 3 is 2.67 bits per heavy atom. The zero-order valence-electron chi connectivity index (χ0n) is 9.71. The molecule has 0 bridgehead atoms. The number of hydrogen-bond acceptors (Lipinski definition) is 2. The Hall–Kier alpha value is -1.37. The van der Waals surface area contributed by atoms with E-state index in [1.54, 1.807) is 29.8 Å². The van der Waals surface area contributed by atoms with Crippen molar-refractivity contribution in [1.29, 1.82) is 0 Å². The Morgan fingerprint density at radius 1 is 1.44 bits per heavy atom. The smallest absolute Gasteiger partial charge is 0.503 e. The van der Waals surface area contributed by atoms with E-state index in [9.17, 15) is 13.4 Å². The predicted molar refractivity (Wildman–Crippen MR) is 69.2 cm³/mol. The molecule has 1 heterocycles. The summed E-state index contributed by atoms with van der Waals surface area (Å²) in [5, 5.41) is 0.484. The van der Waals surface area contributed by atoms with Gasteiger partial charge in [-0.2, -0.15) is 0 Å². The molecule has 0 aliphatic heterocycles. The van der Waals surface area contributed by atoms with Crippen LogP contribution < -0.4 is 4.65 Å². The molecule has 0 aliphatic rings. The second-order valence-corrected chi connectivity index (χ2v) is 4.75. The van der Waals surface area contributed by atoms with Crippen molar-refractivity contribution in [2.24, 2.45) is 7.05 Å². The zero-order valence-corrected chi connectivity index (χ0v) is 11.3. The summed E-state index contributed by atoms with van der Waals surface area (Å²) in [5.41, 5.74) is 0.808. The number of hydrogen-bond donors (Lipinski definition) is 0. The Labute approximate surface area is 111 Å². The number of carbonyl (C=O) groups is 1. The molecule has 0 radical (unpaired) electrons. The number of carbonyl (C=O) groups excluding carboxylic acids is 1. The van der Waals surface area contributed by atoms with E-state index in [1.807, 2.05) is 0 Å². The summed E-state index contributed by atoms with van der Waals surface area (Å²) in [5.74, 6) is -0.392. The first kappa shape index (κ1) is 13.1. The zero-order chi connectivity index (χ0) is 13.4. The molecule has 0 spiro atoms. The van der Waals surface area contributed by atoms with Crippen molar-refractivity contribution < 1.29 is 18.1 Å². The summed E-state index contributed by atoms with van der Waals surface area (Å²) in [7, 11) is -1.32. The van der Waals surface area contributed by atoms with Gasteiger partial charge < -0.3 is 9.22 Å². The molecule has 0 saturated heterocycles. The number of nitrogens with zero attached hydrogens (tertiary/aromatic N) is 1. The van der Waals surface area contributed by atoms with Crippen LogP contribution in [-0.2, 0) is 7.05 Å². The second kappa shape index (κ2) is 4.72. The van der Waals surface area contributed by atoms with Crippen LogP contribution in [-0.4, -0.2) is 17.8 Å². The maximum absolute atomic E-state index is 12.4. The molecule has 0 unspecified atom stereocenters. The molecule has 2 aromatic rings. The Kier molecular flexibility index (Phi) is 3.43. The third kappa shape index (κ3) is 2.14. The van der Waals surface area contributed by atoms with Crippen molar-refractivity contribution in [3.8, 4) is 5.75 Å². The van der Waals surface area contributed by atoms with Crippen LogP contribution in [0.3, 0.4) is 0 Å². The van der Waals surface area contributed by atoms with E-state index in [-0.39, 0.29) is 17.2 Å². The fourth-order valence-corrected chi connectivity index (χ4v) is 2.35. The SMILES string of the molecule is CC(=O)c1c(OB(F)F)c2cc(Br)ccc2n1C. The quantitative estimate of drug-likeness (QED) is 0.641. The van der Waals surface area contributed by atoms with Crippen molar-refractivity contribution >= 4 is 40.1 Å². The van der Waals surface area contributed by atoms with Crippen LogP contribution in [0.25, 0.3) is 10.9 Å². The van der Waals surface area contributed by atoms with Crippen LogP contribution in [0.1, 0.15) is 17.4 Å². The molecule has 1 aromatic carbocycles. The van der Waals surface area contributed by atoms with Crippen molar-refractivity contribution in [2.75, 3.05) is 0 Å². The van der Waals surface area contributed by atoms with Gasteiger partial charge in [0.15, 0.2) is 5.78 Å². The number of aromatic nitrogens is 1. The summed E-state index contributed by atoms with van der Waals surface area (Å²) < 4.78 is 31.7. The van der Waals surface area contributed by atoms with Gasteiger partial charge in [-0.25, -0.2) is 8.63 Å². The predicted octanol–water partition coefficient (Wildman–Crippen LogP) is 3.45. The average molecular weight is 316 g/mol. The number of benzene rings is 1. The average Bonchev–Trinajstić information content (AvgIpc) is 2.51. The largest absolute Gasteiger partial charge is 0.796 e. The first-order valence-electron chi connectivity index (χ1n) is 5.15. The second-order valence-electron chi connectivity index (χ2n) is 3.83. The lowest BCUT2D eigenvalue weighted by Crippen LogP contribution is -2.12. The van der Waals surface area contributed by atoms with Gasteiger partial charge in [0, 0.05) is 23.8 Å². The van der Waals surface area contributed by atoms with E-state index in [1.165, 1.54) is 6.92 Å². The molecule has 1 aromatic heterocycles. The normalized spacial score (nSPS) is 10.7. The van der Waals surface area contributed by atoms with Gasteiger partial charge in [-0.3, -0.25) is 4.79 Å². The molecular weight excluding hydrogens is 307 g/mol. The maximum atomic E-state index is 12.4. The summed E-state index contributed by atoms with van der Waals surface area (Å²) in [4.78, 5) is 11.6. The van der Waals surface area contributed by atoms with Crippen LogP contribution in [0, 0.1) is 0 Å². The molecule has 7 heteroatoms. The highest BCUT2D eigenvalue weighted by molar-refractivity contribution is 9.10. The van der Waals surface area contributed by atoms with Gasteiger partial charge >= 0.3 is 7.47 Å². The van der Waals surface area contributed by atoms with E-state index in [4.69, 9.17) is 0 Å². The molecular formula is C11H9BBrF2NO2. The van der Waals surface area contributed by atoms with Crippen LogP contribution in [0.4, 0.5) is 8.63 Å². The molecule has 3 nitrogen and oxygen atoms in total. The molecule has 0 fully saturated rings. The summed E-state index contributed by atoms with van der Waals surface area (Å²) in [6.45, 7) is 1.32. The van der Waals surface area contributed by atoms with Crippen molar-refractivity contribution in [1.82, 2.24) is 4.57 Å². The Balaban J connectivity index is 2.80. The topological polar surface area (TPSA) is 31.2 Å². The Morgan fingerprint density at radius 2 is 2.11 bits per heavy atom. The lowest BCUT2D eigenvalue weighted by molar-refractivity contribution is 0.100. The first-order chi connectivity index (χ1) is 8.41. The molecule has 94 valence electrons. The number of fused-ring (bicyclic) bond motifs is 1. The first-order valence-corrected chi connectivity index (χ1v) is 5.94. The van der Waals surface area contributed by atoms with Crippen LogP contribution in [0.2, 0.25) is 0 Å². The third-order valence-electron chi connectivity index (χ3n) is 2.66. The highest BCUT2D eigenvalue weighted by Gasteiger charge is 2.26. The molecule has 0 amide bonds. The summed E-state index contributed by atoms with van der Waals surface area (Å²) in [6.07, 6.45) is 0. The standard InChI is InChI=1S/C11H9BBrF2NO2/c1-6(17)10-11(18-12(14)15)8-5-7(13)3-4-9(8)16(10)2/h3-5H,1-2H3. The van der Waals surface area contributed by atoms with Crippen molar-refractivity contribution in [2.45, 2.75) is 6.92 Å². The maximum Gasteiger partial charge on any atom is 0.796 e. The van der Waals surface area contributed by atoms with Crippen LogP contribution >= 0.6 is 15.9 Å². The molecule has 0 aliphatic carbocycles. The minimum absolute atomic E-state index is 0.0729. The highest BCUT2D eigenvalue weighted by atomic mass is 79.9. The van der Waals surface area contributed by atoms with E-state index < -0.39 is 7.47 Å². The summed E-state index contributed by atoms with van der Waals surface area (Å²) in [6, 6.07) is 5.17. The van der Waals surface area contributed by atoms with Gasteiger partial charge in [-0.05, 0) is 18.2 Å². The van der Waals surface area contributed by atoms with Gasteiger partial charge in [0.1, 0.15) is 11.4 Å². The fourth-order valence-electron chi connectivity index (χ4n) is 1.99. The van der Waals surface area contributed by atoms with E-state index in [0.717, 1.165) is 4.47 Å². The van der Waals surface area contributed by atoms with E-state index in [2.05, 4.69) is 20.6 Å². The number of aryl methyl sites for hydroxylation is 1. The number of ketones is 1. The molecule has 0 N–H and O–H groups in total.